The second-order valence-corrected chi connectivity index (χ2v) is 16.6. The zero-order valence-electron chi connectivity index (χ0n) is 38.5. The average molecular weight is 827 g/mol. The summed E-state index contributed by atoms with van der Waals surface area (Å²) in [5.74, 6) is 0.575. The highest BCUT2D eigenvalue weighted by atomic mass is 32.1. The van der Waals surface area contributed by atoms with Gasteiger partial charge in [-0.3, -0.25) is 0 Å². The van der Waals surface area contributed by atoms with Gasteiger partial charge >= 0.3 is 0 Å². The molecule has 0 bridgehead atoms. The van der Waals surface area contributed by atoms with E-state index in [-0.39, 0.29) is 11.4 Å². The SMILES string of the molecule is [2H]c1c([2H])c([2H])c(-c2nc(-c3cccc(-n4c5ccccc5c5ccccc54)c3)nc(-c3cc(-n4c5ccccc5c5ccccc54)cc4c3sc3c(-c5ccccc5)cccc34)n2)c([2H])c1[2H]. The van der Waals surface area contributed by atoms with Gasteiger partial charge in [-0.15, -0.1) is 11.3 Å². The molecule has 0 atom stereocenters. The van der Waals surface area contributed by atoms with Gasteiger partial charge in [0.05, 0.1) is 28.9 Å². The summed E-state index contributed by atoms with van der Waals surface area (Å²) in [4.78, 5) is 15.5. The average Bonchev–Trinajstić information content (AvgIpc) is 4.05. The zero-order valence-corrected chi connectivity index (χ0v) is 34.3. The molecule has 63 heavy (non-hydrogen) atoms. The fraction of sp³-hybridized carbons (Fsp3) is 0. The van der Waals surface area contributed by atoms with E-state index in [1.54, 1.807) is 11.3 Å². The van der Waals surface area contributed by atoms with E-state index in [1.807, 2.05) is 36.4 Å². The first-order valence-electron chi connectivity index (χ1n) is 23.3. The van der Waals surface area contributed by atoms with E-state index in [9.17, 15) is 0 Å². The number of aromatic nitrogens is 5. The lowest BCUT2D eigenvalue weighted by atomic mass is 10.0. The minimum absolute atomic E-state index is 0.0224. The summed E-state index contributed by atoms with van der Waals surface area (Å²) >= 11 is 1.67. The standard InChI is InChI=1S/C57H35N5S/c1-3-17-36(18-4-1)41-27-16-28-46-47-34-40(62-51-31-13-9-25-44(51)45-26-10-14-32-52(45)62)35-48(54(47)63-53(41)46)57-59-55(37-19-5-2-6-20-37)58-56(60-57)38-21-15-22-39(33-38)61-49-29-11-7-23-42(49)43-24-8-12-30-50(43)61/h1-35H/i2D,5D,6D,19D,20D. The van der Waals surface area contributed by atoms with E-state index in [1.165, 1.54) is 0 Å². The number of hydrogen-bond donors (Lipinski definition) is 0. The van der Waals surface area contributed by atoms with Crippen LogP contribution in [0.15, 0.2) is 212 Å². The minimum Gasteiger partial charge on any atom is -0.309 e. The number of nitrogens with zero attached hydrogens (tertiary/aromatic N) is 5. The van der Waals surface area contributed by atoms with Crippen LogP contribution in [-0.2, 0) is 0 Å². The summed E-state index contributed by atoms with van der Waals surface area (Å²) in [5.41, 5.74) is 9.45. The number of para-hydroxylation sites is 4. The Morgan fingerprint density at radius 1 is 0.349 bits per heavy atom. The molecule has 0 spiro atoms. The van der Waals surface area contributed by atoms with Gasteiger partial charge in [-0.05, 0) is 59.7 Å². The molecular formula is C57H35N5S. The Hall–Kier alpha value is -8.19. The molecule has 0 aliphatic carbocycles. The van der Waals surface area contributed by atoms with E-state index in [0.717, 1.165) is 91.8 Å². The van der Waals surface area contributed by atoms with Gasteiger partial charge in [0.25, 0.3) is 0 Å². The Bertz CT molecular complexity index is 4100. The maximum absolute atomic E-state index is 9.12. The van der Waals surface area contributed by atoms with E-state index >= 15 is 0 Å². The van der Waals surface area contributed by atoms with Crippen LogP contribution >= 0.6 is 11.3 Å². The summed E-state index contributed by atoms with van der Waals surface area (Å²) in [5, 5.41) is 6.60. The summed E-state index contributed by atoms with van der Waals surface area (Å²) < 4.78 is 50.6. The van der Waals surface area contributed by atoms with Crippen molar-refractivity contribution in [2.45, 2.75) is 0 Å². The van der Waals surface area contributed by atoms with E-state index < -0.39 is 30.2 Å². The van der Waals surface area contributed by atoms with Crippen molar-refractivity contribution in [3.63, 3.8) is 0 Å². The molecule has 0 aliphatic rings. The highest BCUT2D eigenvalue weighted by molar-refractivity contribution is 7.26. The molecule has 294 valence electrons. The first-order valence-corrected chi connectivity index (χ1v) is 21.6. The third-order valence-electron chi connectivity index (χ3n) is 12.0. The fourth-order valence-corrected chi connectivity index (χ4v) is 10.6. The summed E-state index contributed by atoms with van der Waals surface area (Å²) in [6.45, 7) is 0. The van der Waals surface area contributed by atoms with E-state index in [4.69, 9.17) is 21.8 Å². The zero-order chi connectivity index (χ0) is 45.8. The molecule has 6 heteroatoms. The summed E-state index contributed by atoms with van der Waals surface area (Å²) in [6.07, 6.45) is 0. The van der Waals surface area contributed by atoms with Gasteiger partial charge in [-0.25, -0.2) is 15.0 Å². The molecule has 4 heterocycles. The Morgan fingerprint density at radius 3 is 1.48 bits per heavy atom. The van der Waals surface area contributed by atoms with Crippen LogP contribution in [0.3, 0.4) is 0 Å². The van der Waals surface area contributed by atoms with Crippen LogP contribution in [-0.4, -0.2) is 24.1 Å². The lowest BCUT2D eigenvalue weighted by Crippen LogP contribution is -2.02. The smallest absolute Gasteiger partial charge is 0.165 e. The number of benzene rings is 9. The molecule has 0 amide bonds. The van der Waals surface area contributed by atoms with Crippen LogP contribution in [0.1, 0.15) is 6.85 Å². The van der Waals surface area contributed by atoms with Gasteiger partial charge in [0.2, 0.25) is 0 Å². The van der Waals surface area contributed by atoms with Gasteiger partial charge in [-0.1, -0.05) is 164 Å². The van der Waals surface area contributed by atoms with Crippen molar-refractivity contribution in [2.75, 3.05) is 0 Å². The largest absolute Gasteiger partial charge is 0.309 e. The molecule has 4 aromatic heterocycles. The quantitative estimate of drug-likeness (QED) is 0.168. The normalized spacial score (nSPS) is 12.9. The summed E-state index contributed by atoms with van der Waals surface area (Å²) in [6, 6.07) is 60.5. The highest BCUT2D eigenvalue weighted by Crippen LogP contribution is 2.46. The molecule has 0 aliphatic heterocycles. The molecule has 0 fully saturated rings. The first kappa shape index (κ1) is 30.8. The van der Waals surface area contributed by atoms with E-state index in [0.29, 0.717) is 17.2 Å². The molecule has 9 aromatic carbocycles. The first-order chi connectivity index (χ1) is 33.3. The lowest BCUT2D eigenvalue weighted by Gasteiger charge is -2.14. The molecule has 0 unspecified atom stereocenters. The Labute approximate surface area is 373 Å². The number of rotatable bonds is 6. The molecular weight excluding hydrogens is 787 g/mol. The van der Waals surface area contributed by atoms with Gasteiger partial charge < -0.3 is 9.13 Å². The lowest BCUT2D eigenvalue weighted by molar-refractivity contribution is 1.07. The van der Waals surface area contributed by atoms with Crippen molar-refractivity contribution in [2.24, 2.45) is 0 Å². The highest BCUT2D eigenvalue weighted by Gasteiger charge is 2.22. The molecule has 0 saturated heterocycles. The van der Waals surface area contributed by atoms with Crippen LogP contribution in [0.2, 0.25) is 0 Å². The topological polar surface area (TPSA) is 48.5 Å². The van der Waals surface area contributed by atoms with Crippen molar-refractivity contribution < 1.29 is 6.85 Å². The molecule has 0 N–H and O–H groups in total. The van der Waals surface area contributed by atoms with Crippen LogP contribution in [0, 0.1) is 0 Å². The Balaban J connectivity index is 1.13. The fourth-order valence-electron chi connectivity index (χ4n) is 9.31. The Kier molecular flexibility index (Phi) is 6.94. The second kappa shape index (κ2) is 14.2. The number of fused-ring (bicyclic) bond motifs is 9. The molecule has 5 nitrogen and oxygen atoms in total. The van der Waals surface area contributed by atoms with E-state index in [2.05, 4.69) is 155 Å². The maximum atomic E-state index is 9.12. The third-order valence-corrected chi connectivity index (χ3v) is 13.3. The van der Waals surface area contributed by atoms with Gasteiger partial charge in [0.15, 0.2) is 17.5 Å². The van der Waals surface area contributed by atoms with Crippen molar-refractivity contribution in [3.05, 3.63) is 212 Å². The molecule has 13 aromatic rings. The third kappa shape index (κ3) is 5.66. The maximum Gasteiger partial charge on any atom is 0.165 e. The van der Waals surface area contributed by atoms with Crippen LogP contribution in [0.4, 0.5) is 0 Å². The summed E-state index contributed by atoms with van der Waals surface area (Å²) in [7, 11) is 0. The Morgan fingerprint density at radius 2 is 0.841 bits per heavy atom. The monoisotopic (exact) mass is 826 g/mol. The predicted molar refractivity (Wildman–Crippen MR) is 263 cm³/mol. The molecule has 0 radical (unpaired) electrons. The predicted octanol–water partition coefficient (Wildman–Crippen LogP) is 15.1. The van der Waals surface area contributed by atoms with Crippen molar-refractivity contribution in [3.8, 4) is 56.7 Å². The second-order valence-electron chi connectivity index (χ2n) is 15.6. The molecule has 0 saturated carbocycles. The minimum atomic E-state index is -0.489. The number of hydrogen-bond acceptors (Lipinski definition) is 4. The molecule has 13 rings (SSSR count). The van der Waals surface area contributed by atoms with Gasteiger partial charge in [0.1, 0.15) is 0 Å². The van der Waals surface area contributed by atoms with Crippen LogP contribution in [0.25, 0.3) is 120 Å². The van der Waals surface area contributed by atoms with Crippen molar-refractivity contribution in [1.82, 2.24) is 24.1 Å². The number of thiophene rings is 1. The van der Waals surface area contributed by atoms with Crippen molar-refractivity contribution in [1.29, 1.82) is 0 Å². The van der Waals surface area contributed by atoms with Crippen molar-refractivity contribution >= 4 is 75.1 Å². The van der Waals surface area contributed by atoms with Gasteiger partial charge in [-0.2, -0.15) is 0 Å². The van der Waals surface area contributed by atoms with Crippen LogP contribution in [0.5, 0.6) is 0 Å². The van der Waals surface area contributed by atoms with Crippen LogP contribution < -0.4 is 0 Å². The van der Waals surface area contributed by atoms with Gasteiger partial charge in [0, 0.05) is 69.8 Å².